The summed E-state index contributed by atoms with van der Waals surface area (Å²) in [5.74, 6) is 1.39. The van der Waals surface area contributed by atoms with Crippen LogP contribution >= 0.6 is 0 Å². The van der Waals surface area contributed by atoms with Crippen molar-refractivity contribution in [3.63, 3.8) is 0 Å². The van der Waals surface area contributed by atoms with Crippen LogP contribution in [-0.2, 0) is 12.7 Å². The van der Waals surface area contributed by atoms with Crippen LogP contribution < -0.4 is 10.6 Å². The highest BCUT2D eigenvalue weighted by atomic mass is 19.4. The second-order valence-electron chi connectivity index (χ2n) is 5.40. The van der Waals surface area contributed by atoms with Gasteiger partial charge < -0.3 is 10.6 Å². The Bertz CT molecular complexity index is 456. The maximum absolute atomic E-state index is 12.8. The van der Waals surface area contributed by atoms with Gasteiger partial charge in [0.15, 0.2) is 0 Å². The van der Waals surface area contributed by atoms with Crippen molar-refractivity contribution in [2.24, 2.45) is 17.6 Å². The predicted molar refractivity (Wildman–Crippen MR) is 69.9 cm³/mol. The number of nitrogens with two attached hydrogens (primary N) is 1. The van der Waals surface area contributed by atoms with Crippen molar-refractivity contribution in [2.75, 3.05) is 18.5 Å². The van der Waals surface area contributed by atoms with E-state index in [1.54, 1.807) is 6.07 Å². The molecule has 0 radical (unpaired) electrons. The maximum atomic E-state index is 12.8. The summed E-state index contributed by atoms with van der Waals surface area (Å²) in [7, 11) is 1.91. The average Bonchev–Trinajstić information content (AvgIpc) is 3.02. The molecule has 1 aromatic rings. The Hall–Kier alpha value is -1.23. The van der Waals surface area contributed by atoms with Crippen molar-refractivity contribution in [3.8, 4) is 0 Å². The van der Waals surface area contributed by atoms with Crippen molar-refractivity contribution in [2.45, 2.75) is 26.1 Å². The van der Waals surface area contributed by atoms with Gasteiger partial charge in [0.25, 0.3) is 0 Å². The van der Waals surface area contributed by atoms with Gasteiger partial charge in [-0.05, 0) is 42.0 Å². The Morgan fingerprint density at radius 3 is 2.47 bits per heavy atom. The highest BCUT2D eigenvalue weighted by Gasteiger charge is 2.35. The van der Waals surface area contributed by atoms with Crippen molar-refractivity contribution in [3.05, 3.63) is 29.3 Å². The van der Waals surface area contributed by atoms with E-state index in [9.17, 15) is 13.2 Å². The molecule has 1 aromatic carbocycles. The fourth-order valence-electron chi connectivity index (χ4n) is 2.37. The lowest BCUT2D eigenvalue weighted by atomic mass is 10.1. The minimum absolute atomic E-state index is 0.101. The Labute approximate surface area is 111 Å². The Morgan fingerprint density at radius 2 is 2.00 bits per heavy atom. The van der Waals surface area contributed by atoms with Crippen LogP contribution in [0.2, 0.25) is 0 Å². The predicted octanol–water partition coefficient (Wildman–Crippen LogP) is 3.26. The zero-order chi connectivity index (χ0) is 14.2. The van der Waals surface area contributed by atoms with E-state index in [2.05, 4.69) is 6.92 Å². The van der Waals surface area contributed by atoms with Crippen LogP contribution in [-0.4, -0.2) is 13.6 Å². The first-order valence-corrected chi connectivity index (χ1v) is 6.44. The number of nitrogens with zero attached hydrogens (tertiary/aromatic N) is 1. The first-order chi connectivity index (χ1) is 8.82. The largest absolute Gasteiger partial charge is 0.416 e. The average molecular weight is 272 g/mol. The summed E-state index contributed by atoms with van der Waals surface area (Å²) in [4.78, 5) is 2.01. The highest BCUT2D eigenvalue weighted by Crippen LogP contribution is 2.39. The molecule has 1 fully saturated rings. The van der Waals surface area contributed by atoms with Crippen molar-refractivity contribution in [1.82, 2.24) is 0 Å². The molecule has 0 heterocycles. The summed E-state index contributed by atoms with van der Waals surface area (Å²) >= 11 is 0. The quantitative estimate of drug-likeness (QED) is 0.911. The molecule has 1 aliphatic carbocycles. The molecule has 19 heavy (non-hydrogen) atoms. The van der Waals surface area contributed by atoms with Gasteiger partial charge in [-0.15, -0.1) is 0 Å². The highest BCUT2D eigenvalue weighted by molar-refractivity contribution is 5.51. The number of hydrogen-bond acceptors (Lipinski definition) is 2. The van der Waals surface area contributed by atoms with E-state index in [0.717, 1.165) is 24.2 Å². The number of rotatable bonds is 4. The van der Waals surface area contributed by atoms with Gasteiger partial charge in [0.05, 0.1) is 5.56 Å². The van der Waals surface area contributed by atoms with Crippen LogP contribution in [0.4, 0.5) is 18.9 Å². The summed E-state index contributed by atoms with van der Waals surface area (Å²) in [5.41, 5.74) is 5.75. The molecule has 106 valence electrons. The second-order valence-corrected chi connectivity index (χ2v) is 5.40. The van der Waals surface area contributed by atoms with Crippen LogP contribution in [0, 0.1) is 11.8 Å². The summed E-state index contributed by atoms with van der Waals surface area (Å²) in [6.07, 6.45) is -3.13. The van der Waals surface area contributed by atoms with E-state index < -0.39 is 11.7 Å². The van der Waals surface area contributed by atoms with Crippen LogP contribution in [0.3, 0.4) is 0 Å². The van der Waals surface area contributed by atoms with E-state index in [1.807, 2.05) is 11.9 Å². The smallest absolute Gasteiger partial charge is 0.374 e. The fraction of sp³-hybridized carbons (Fsp3) is 0.571. The second kappa shape index (κ2) is 5.04. The van der Waals surface area contributed by atoms with Crippen LogP contribution in [0.25, 0.3) is 0 Å². The minimum atomic E-state index is -4.34. The Balaban J connectivity index is 2.18. The topological polar surface area (TPSA) is 29.3 Å². The molecule has 0 saturated heterocycles. The van der Waals surface area contributed by atoms with Gasteiger partial charge in [0, 0.05) is 25.8 Å². The lowest BCUT2D eigenvalue weighted by Crippen LogP contribution is -2.21. The number of hydrogen-bond donors (Lipinski definition) is 1. The molecule has 1 saturated carbocycles. The molecule has 2 nitrogen and oxygen atoms in total. The van der Waals surface area contributed by atoms with Gasteiger partial charge in [-0.3, -0.25) is 0 Å². The molecule has 0 bridgehead atoms. The van der Waals surface area contributed by atoms with Gasteiger partial charge >= 0.3 is 6.18 Å². The van der Waals surface area contributed by atoms with E-state index >= 15 is 0 Å². The SMILES string of the molecule is CC1CC1CN(C)c1ccc(C(F)(F)F)c(CN)c1. The molecule has 2 rings (SSSR count). The third kappa shape index (κ3) is 3.21. The van der Waals surface area contributed by atoms with Gasteiger partial charge in [-0.25, -0.2) is 0 Å². The van der Waals surface area contributed by atoms with E-state index in [1.165, 1.54) is 12.5 Å². The minimum Gasteiger partial charge on any atom is -0.374 e. The number of anilines is 1. The molecule has 2 unspecified atom stereocenters. The molecule has 2 atom stereocenters. The van der Waals surface area contributed by atoms with Crippen molar-refractivity contribution in [1.29, 1.82) is 0 Å². The molecule has 2 N–H and O–H groups in total. The van der Waals surface area contributed by atoms with Gasteiger partial charge in [0.1, 0.15) is 0 Å². The zero-order valence-electron chi connectivity index (χ0n) is 11.2. The summed E-state index contributed by atoms with van der Waals surface area (Å²) in [6.45, 7) is 2.98. The normalized spacial score (nSPS) is 22.4. The molecule has 0 amide bonds. The summed E-state index contributed by atoms with van der Waals surface area (Å²) < 4.78 is 38.3. The number of alkyl halides is 3. The van der Waals surface area contributed by atoms with Gasteiger partial charge in [-0.2, -0.15) is 13.2 Å². The maximum Gasteiger partial charge on any atom is 0.416 e. The molecule has 1 aliphatic rings. The summed E-state index contributed by atoms with van der Waals surface area (Å²) in [6, 6.07) is 4.20. The standard InChI is InChI=1S/C14H19F3N2/c1-9-5-11(9)8-19(2)12-3-4-13(14(15,16)17)10(6-12)7-18/h3-4,6,9,11H,5,7-8,18H2,1-2H3. The number of halogens is 3. The molecule has 0 spiro atoms. The Morgan fingerprint density at radius 1 is 1.37 bits per heavy atom. The molecular weight excluding hydrogens is 253 g/mol. The molecule has 5 heteroatoms. The lowest BCUT2D eigenvalue weighted by molar-refractivity contribution is -0.138. The zero-order valence-corrected chi connectivity index (χ0v) is 11.2. The molecular formula is C14H19F3N2. The molecule has 0 aliphatic heterocycles. The Kier molecular flexibility index (Phi) is 3.76. The van der Waals surface area contributed by atoms with Crippen LogP contribution in [0.1, 0.15) is 24.5 Å². The first-order valence-electron chi connectivity index (χ1n) is 6.44. The number of benzene rings is 1. The monoisotopic (exact) mass is 272 g/mol. The van der Waals surface area contributed by atoms with Crippen molar-refractivity contribution < 1.29 is 13.2 Å². The van der Waals surface area contributed by atoms with Gasteiger partial charge in [0.2, 0.25) is 0 Å². The van der Waals surface area contributed by atoms with E-state index in [4.69, 9.17) is 5.73 Å². The van der Waals surface area contributed by atoms with Crippen LogP contribution in [0.15, 0.2) is 18.2 Å². The van der Waals surface area contributed by atoms with Crippen LogP contribution in [0.5, 0.6) is 0 Å². The van der Waals surface area contributed by atoms with E-state index in [-0.39, 0.29) is 12.1 Å². The van der Waals surface area contributed by atoms with Crippen molar-refractivity contribution >= 4 is 5.69 Å². The fourth-order valence-corrected chi connectivity index (χ4v) is 2.37. The molecule has 0 aromatic heterocycles. The van der Waals surface area contributed by atoms with Gasteiger partial charge in [-0.1, -0.05) is 6.92 Å². The third-order valence-electron chi connectivity index (χ3n) is 3.84. The third-order valence-corrected chi connectivity index (χ3v) is 3.84. The summed E-state index contributed by atoms with van der Waals surface area (Å²) in [5, 5.41) is 0. The van der Waals surface area contributed by atoms with E-state index in [0.29, 0.717) is 5.92 Å². The first kappa shape index (κ1) is 14.2. The lowest BCUT2D eigenvalue weighted by Gasteiger charge is -2.21.